The van der Waals surface area contributed by atoms with E-state index in [0.29, 0.717) is 0 Å². The van der Waals surface area contributed by atoms with Gasteiger partial charge in [-0.05, 0) is 25.7 Å². The fourth-order valence-electron chi connectivity index (χ4n) is 1.75. The van der Waals surface area contributed by atoms with Crippen molar-refractivity contribution in [3.63, 3.8) is 0 Å². The minimum atomic E-state index is -0.608. The molecule has 0 aromatic rings. The average molecular weight is 217 g/mol. The average Bonchev–Trinajstić information content (AvgIpc) is 2.27. The molecule has 3 heteroatoms. The zero-order chi connectivity index (χ0) is 10.4. The van der Waals surface area contributed by atoms with Gasteiger partial charge in [0.25, 0.3) is 0 Å². The molecule has 1 aliphatic rings. The Bertz CT molecular complexity index is 204. The lowest BCUT2D eigenvalue weighted by Gasteiger charge is -2.33. The first-order valence-electron chi connectivity index (χ1n) is 5.08. The molecule has 0 bridgehead atoms. The SMILES string of the molecule is C#CC1(OC[C@H](O)CCl)CCCCC1. The van der Waals surface area contributed by atoms with Crippen molar-refractivity contribution in [1.29, 1.82) is 0 Å². The van der Waals surface area contributed by atoms with Gasteiger partial charge in [-0.15, -0.1) is 18.0 Å². The first-order valence-corrected chi connectivity index (χ1v) is 5.62. The molecule has 1 atom stereocenters. The van der Waals surface area contributed by atoms with E-state index >= 15 is 0 Å². The molecule has 1 saturated carbocycles. The molecule has 0 unspecified atom stereocenters. The molecule has 1 rings (SSSR count). The van der Waals surface area contributed by atoms with Crippen molar-refractivity contribution in [2.24, 2.45) is 0 Å². The zero-order valence-corrected chi connectivity index (χ0v) is 9.09. The molecule has 0 heterocycles. The molecule has 0 saturated heterocycles. The first-order chi connectivity index (χ1) is 6.72. The maximum atomic E-state index is 9.27. The van der Waals surface area contributed by atoms with E-state index in [1.807, 2.05) is 0 Å². The van der Waals surface area contributed by atoms with Gasteiger partial charge < -0.3 is 9.84 Å². The van der Waals surface area contributed by atoms with Crippen LogP contribution in [0.5, 0.6) is 0 Å². The fraction of sp³-hybridized carbons (Fsp3) is 0.818. The Hall–Kier alpha value is -0.230. The van der Waals surface area contributed by atoms with Gasteiger partial charge in [0.05, 0.1) is 18.6 Å². The minimum Gasteiger partial charge on any atom is -0.389 e. The van der Waals surface area contributed by atoms with Gasteiger partial charge in [0.15, 0.2) is 0 Å². The molecule has 1 fully saturated rings. The zero-order valence-electron chi connectivity index (χ0n) is 8.34. The first kappa shape index (κ1) is 11.8. The summed E-state index contributed by atoms with van der Waals surface area (Å²) < 4.78 is 5.60. The number of aliphatic hydroxyl groups is 1. The van der Waals surface area contributed by atoms with Gasteiger partial charge in [-0.1, -0.05) is 12.3 Å². The third-order valence-corrected chi connectivity index (χ3v) is 3.01. The summed E-state index contributed by atoms with van der Waals surface area (Å²) in [6.07, 6.45) is 10.1. The molecule has 14 heavy (non-hydrogen) atoms. The Balaban J connectivity index is 2.41. The molecular formula is C11H17ClO2. The van der Waals surface area contributed by atoms with Crippen molar-refractivity contribution >= 4 is 11.6 Å². The largest absolute Gasteiger partial charge is 0.389 e. The van der Waals surface area contributed by atoms with Crippen molar-refractivity contribution in [3.05, 3.63) is 0 Å². The standard InChI is InChI=1S/C11H17ClO2/c1-2-11(6-4-3-5-7-11)14-9-10(13)8-12/h1,10,13H,3-9H2/t10-/m1/s1. The third-order valence-electron chi connectivity index (χ3n) is 2.65. The van der Waals surface area contributed by atoms with Gasteiger partial charge in [0.1, 0.15) is 5.60 Å². The summed E-state index contributed by atoms with van der Waals surface area (Å²) in [5, 5.41) is 9.27. The number of terminal acetylenes is 1. The third kappa shape index (κ3) is 3.16. The summed E-state index contributed by atoms with van der Waals surface area (Å²) in [6, 6.07) is 0. The summed E-state index contributed by atoms with van der Waals surface area (Å²) in [7, 11) is 0. The van der Waals surface area contributed by atoms with Crippen molar-refractivity contribution in [1.82, 2.24) is 0 Å². The molecule has 0 aromatic carbocycles. The summed E-state index contributed by atoms with van der Waals surface area (Å²) in [6.45, 7) is 0.244. The van der Waals surface area contributed by atoms with Crippen LogP contribution in [-0.4, -0.2) is 29.3 Å². The number of rotatable bonds is 4. The van der Waals surface area contributed by atoms with Crippen LogP contribution >= 0.6 is 11.6 Å². The molecule has 0 amide bonds. The van der Waals surface area contributed by atoms with E-state index in [1.54, 1.807) is 0 Å². The van der Waals surface area contributed by atoms with Gasteiger partial charge in [0, 0.05) is 0 Å². The van der Waals surface area contributed by atoms with E-state index in [2.05, 4.69) is 5.92 Å². The van der Waals surface area contributed by atoms with Crippen molar-refractivity contribution in [3.8, 4) is 12.3 Å². The lowest BCUT2D eigenvalue weighted by molar-refractivity contribution is -0.0587. The Morgan fingerprint density at radius 2 is 2.07 bits per heavy atom. The van der Waals surface area contributed by atoms with Gasteiger partial charge in [-0.25, -0.2) is 0 Å². The van der Waals surface area contributed by atoms with E-state index in [0.717, 1.165) is 25.7 Å². The normalized spacial score (nSPS) is 22.6. The van der Waals surface area contributed by atoms with E-state index < -0.39 is 11.7 Å². The number of hydrogen-bond acceptors (Lipinski definition) is 2. The molecule has 1 N–H and O–H groups in total. The van der Waals surface area contributed by atoms with Crippen LogP contribution in [0.2, 0.25) is 0 Å². The minimum absolute atomic E-state index is 0.195. The maximum Gasteiger partial charge on any atom is 0.128 e. The van der Waals surface area contributed by atoms with Gasteiger partial charge in [-0.3, -0.25) is 0 Å². The number of ether oxygens (including phenoxy) is 1. The topological polar surface area (TPSA) is 29.5 Å². The van der Waals surface area contributed by atoms with Crippen LogP contribution in [0.15, 0.2) is 0 Å². The highest BCUT2D eigenvalue weighted by Gasteiger charge is 2.31. The number of halogens is 1. The van der Waals surface area contributed by atoms with Gasteiger partial charge >= 0.3 is 0 Å². The fourth-order valence-corrected chi connectivity index (χ4v) is 1.84. The van der Waals surface area contributed by atoms with Crippen molar-refractivity contribution in [2.45, 2.75) is 43.8 Å². The summed E-state index contributed by atoms with van der Waals surface area (Å²) in [4.78, 5) is 0. The summed E-state index contributed by atoms with van der Waals surface area (Å²) in [5.41, 5.74) is -0.439. The van der Waals surface area contributed by atoms with E-state index in [1.165, 1.54) is 6.42 Å². The Morgan fingerprint density at radius 1 is 1.43 bits per heavy atom. The quantitative estimate of drug-likeness (QED) is 0.575. The van der Waals surface area contributed by atoms with E-state index in [9.17, 15) is 5.11 Å². The predicted octanol–water partition coefficient (Wildman–Crippen LogP) is 1.94. The van der Waals surface area contributed by atoms with Crippen LogP contribution in [0.1, 0.15) is 32.1 Å². The highest BCUT2D eigenvalue weighted by molar-refractivity contribution is 6.18. The molecule has 0 aromatic heterocycles. The number of alkyl halides is 1. The Labute approximate surface area is 90.6 Å². The summed E-state index contributed by atoms with van der Waals surface area (Å²) in [5.74, 6) is 2.92. The monoisotopic (exact) mass is 216 g/mol. The lowest BCUT2D eigenvalue weighted by atomic mass is 9.85. The number of aliphatic hydroxyl groups excluding tert-OH is 1. The van der Waals surface area contributed by atoms with Crippen LogP contribution in [-0.2, 0) is 4.74 Å². The van der Waals surface area contributed by atoms with Crippen LogP contribution in [0.3, 0.4) is 0 Å². The van der Waals surface area contributed by atoms with Crippen LogP contribution in [0.25, 0.3) is 0 Å². The molecule has 0 spiro atoms. The van der Waals surface area contributed by atoms with Crippen molar-refractivity contribution < 1.29 is 9.84 Å². The molecule has 80 valence electrons. The predicted molar refractivity (Wildman–Crippen MR) is 57.3 cm³/mol. The van der Waals surface area contributed by atoms with E-state index in [-0.39, 0.29) is 12.5 Å². The second-order valence-corrected chi connectivity index (χ2v) is 4.13. The highest BCUT2D eigenvalue weighted by Crippen LogP contribution is 2.31. The van der Waals surface area contributed by atoms with Crippen LogP contribution in [0, 0.1) is 12.3 Å². The summed E-state index contributed by atoms with van der Waals surface area (Å²) >= 11 is 5.48. The molecular weight excluding hydrogens is 200 g/mol. The second kappa shape index (κ2) is 5.60. The second-order valence-electron chi connectivity index (χ2n) is 3.82. The van der Waals surface area contributed by atoms with Gasteiger partial charge in [-0.2, -0.15) is 0 Å². The lowest BCUT2D eigenvalue weighted by Crippen LogP contribution is -2.36. The molecule has 0 radical (unpaired) electrons. The van der Waals surface area contributed by atoms with Gasteiger partial charge in [0.2, 0.25) is 0 Å². The highest BCUT2D eigenvalue weighted by atomic mass is 35.5. The van der Waals surface area contributed by atoms with Crippen molar-refractivity contribution in [2.75, 3.05) is 12.5 Å². The Kier molecular flexibility index (Phi) is 4.74. The maximum absolute atomic E-state index is 9.27. The molecule has 2 nitrogen and oxygen atoms in total. The number of hydrogen-bond donors (Lipinski definition) is 1. The van der Waals surface area contributed by atoms with Crippen LogP contribution in [0.4, 0.5) is 0 Å². The molecule has 0 aliphatic heterocycles. The Morgan fingerprint density at radius 3 is 2.57 bits per heavy atom. The van der Waals surface area contributed by atoms with Crippen LogP contribution < -0.4 is 0 Å². The van der Waals surface area contributed by atoms with E-state index in [4.69, 9.17) is 22.8 Å². The smallest absolute Gasteiger partial charge is 0.128 e. The molecule has 1 aliphatic carbocycles.